The van der Waals surface area contributed by atoms with Crippen LogP contribution in [0.25, 0.3) is 0 Å². The molecule has 3 aromatic rings. The van der Waals surface area contributed by atoms with Crippen molar-refractivity contribution >= 4 is 33.3 Å². The maximum absolute atomic E-state index is 12.4. The van der Waals surface area contributed by atoms with Gasteiger partial charge in [0, 0.05) is 22.8 Å². The third-order valence-corrected chi connectivity index (χ3v) is 4.19. The molecule has 25 heavy (non-hydrogen) atoms. The van der Waals surface area contributed by atoms with E-state index in [4.69, 9.17) is 0 Å². The zero-order chi connectivity index (χ0) is 17.6. The summed E-state index contributed by atoms with van der Waals surface area (Å²) in [6.07, 6.45) is 1.38. The number of nitrogens with zero attached hydrogens (tertiary/aromatic N) is 2. The molecular formula is C19H17BrN4O. The van der Waals surface area contributed by atoms with Gasteiger partial charge in [0.25, 0.3) is 5.91 Å². The summed E-state index contributed by atoms with van der Waals surface area (Å²) in [6, 6.07) is 17.3. The Kier molecular flexibility index (Phi) is 5.40. The van der Waals surface area contributed by atoms with E-state index in [-0.39, 0.29) is 5.91 Å². The lowest BCUT2D eigenvalue weighted by atomic mass is 10.1. The Morgan fingerprint density at radius 3 is 2.72 bits per heavy atom. The second-order valence-corrected chi connectivity index (χ2v) is 6.45. The summed E-state index contributed by atoms with van der Waals surface area (Å²) in [6.45, 7) is 2.48. The molecule has 2 aromatic carbocycles. The molecule has 0 unspecified atom stereocenters. The van der Waals surface area contributed by atoms with E-state index in [1.165, 1.54) is 6.33 Å². The van der Waals surface area contributed by atoms with Crippen molar-refractivity contribution in [1.82, 2.24) is 15.3 Å². The molecule has 126 valence electrons. The third kappa shape index (κ3) is 4.64. The van der Waals surface area contributed by atoms with Gasteiger partial charge >= 0.3 is 0 Å². The summed E-state index contributed by atoms with van der Waals surface area (Å²) in [4.78, 5) is 20.6. The van der Waals surface area contributed by atoms with Crippen molar-refractivity contribution in [2.75, 3.05) is 5.32 Å². The van der Waals surface area contributed by atoms with Gasteiger partial charge < -0.3 is 10.6 Å². The van der Waals surface area contributed by atoms with Gasteiger partial charge in [-0.1, -0.05) is 46.3 Å². The molecule has 0 radical (unpaired) electrons. The number of hydrogen-bond donors (Lipinski definition) is 2. The van der Waals surface area contributed by atoms with E-state index in [9.17, 15) is 4.79 Å². The number of nitrogens with one attached hydrogen (secondary N) is 2. The highest BCUT2D eigenvalue weighted by atomic mass is 79.9. The lowest BCUT2D eigenvalue weighted by Crippen LogP contribution is -2.24. The lowest BCUT2D eigenvalue weighted by molar-refractivity contribution is 0.0945. The summed E-state index contributed by atoms with van der Waals surface area (Å²) in [7, 11) is 0. The minimum Gasteiger partial charge on any atom is -0.347 e. The number of amides is 1. The molecule has 1 amide bonds. The van der Waals surface area contributed by atoms with E-state index >= 15 is 0 Å². The van der Waals surface area contributed by atoms with Crippen LogP contribution >= 0.6 is 15.9 Å². The normalized spacial score (nSPS) is 10.3. The lowest BCUT2D eigenvalue weighted by Gasteiger charge is -2.09. The van der Waals surface area contributed by atoms with Crippen molar-refractivity contribution in [2.24, 2.45) is 0 Å². The van der Waals surface area contributed by atoms with Crippen LogP contribution in [0.5, 0.6) is 0 Å². The fourth-order valence-corrected chi connectivity index (χ4v) is 2.74. The Hall–Kier alpha value is -2.73. The molecular weight excluding hydrogens is 380 g/mol. The van der Waals surface area contributed by atoms with Crippen molar-refractivity contribution < 1.29 is 4.79 Å². The maximum atomic E-state index is 12.4. The summed E-state index contributed by atoms with van der Waals surface area (Å²) >= 11 is 3.42. The molecule has 2 N–H and O–H groups in total. The number of halogens is 1. The first-order valence-electron chi connectivity index (χ1n) is 7.79. The molecule has 0 saturated heterocycles. The van der Waals surface area contributed by atoms with Crippen LogP contribution in [0.2, 0.25) is 0 Å². The summed E-state index contributed by atoms with van der Waals surface area (Å²) in [5.41, 5.74) is 3.42. The predicted octanol–water partition coefficient (Wildman–Crippen LogP) is 4.22. The second kappa shape index (κ2) is 7.90. The van der Waals surface area contributed by atoms with Crippen molar-refractivity contribution in [3.05, 3.63) is 82.2 Å². The third-order valence-electron chi connectivity index (χ3n) is 3.70. The van der Waals surface area contributed by atoms with Crippen LogP contribution in [-0.4, -0.2) is 15.9 Å². The molecule has 0 fully saturated rings. The number of rotatable bonds is 5. The van der Waals surface area contributed by atoms with Gasteiger partial charge in [-0.3, -0.25) is 4.79 Å². The van der Waals surface area contributed by atoms with Gasteiger partial charge in [-0.2, -0.15) is 0 Å². The van der Waals surface area contributed by atoms with Crippen LogP contribution in [0.1, 0.15) is 21.6 Å². The van der Waals surface area contributed by atoms with Gasteiger partial charge in [-0.25, -0.2) is 9.97 Å². The van der Waals surface area contributed by atoms with Gasteiger partial charge in [-0.15, -0.1) is 0 Å². The van der Waals surface area contributed by atoms with Crippen LogP contribution in [-0.2, 0) is 6.54 Å². The molecule has 0 bridgehead atoms. The minimum absolute atomic E-state index is 0.233. The first-order valence-corrected chi connectivity index (χ1v) is 8.58. The molecule has 1 heterocycles. The Bertz CT molecular complexity index is 898. The first-order chi connectivity index (χ1) is 12.1. The van der Waals surface area contributed by atoms with E-state index in [1.807, 2.05) is 55.5 Å². The van der Waals surface area contributed by atoms with E-state index in [0.717, 1.165) is 21.3 Å². The average molecular weight is 397 g/mol. The molecule has 5 nitrogen and oxygen atoms in total. The Labute approximate surface area is 154 Å². The molecule has 6 heteroatoms. The monoisotopic (exact) mass is 396 g/mol. The van der Waals surface area contributed by atoms with E-state index in [2.05, 4.69) is 36.5 Å². The highest BCUT2D eigenvalue weighted by Gasteiger charge is 2.09. The van der Waals surface area contributed by atoms with Gasteiger partial charge in [0.2, 0.25) is 0 Å². The maximum Gasteiger partial charge on any atom is 0.270 e. The van der Waals surface area contributed by atoms with Crippen LogP contribution in [0.4, 0.5) is 11.5 Å². The zero-order valence-electron chi connectivity index (χ0n) is 13.7. The summed E-state index contributed by atoms with van der Waals surface area (Å²) in [5, 5.41) is 6.05. The standard InChI is InChI=1S/C19H17BrN4O/c1-13-5-2-3-6-14(13)11-21-19(25)17-10-18(23-12-22-17)24-16-8-4-7-15(20)9-16/h2-10,12H,11H2,1H3,(H,21,25)(H,22,23,24). The van der Waals surface area contributed by atoms with Crippen molar-refractivity contribution in [3.63, 3.8) is 0 Å². The second-order valence-electron chi connectivity index (χ2n) is 5.53. The predicted molar refractivity (Wildman–Crippen MR) is 102 cm³/mol. The molecule has 0 spiro atoms. The van der Waals surface area contributed by atoms with Gasteiger partial charge in [0.1, 0.15) is 17.8 Å². The topological polar surface area (TPSA) is 66.9 Å². The zero-order valence-corrected chi connectivity index (χ0v) is 15.2. The summed E-state index contributed by atoms with van der Waals surface area (Å²) < 4.78 is 0.961. The molecule has 0 aliphatic rings. The van der Waals surface area contributed by atoms with Crippen LogP contribution < -0.4 is 10.6 Å². The largest absolute Gasteiger partial charge is 0.347 e. The number of aryl methyl sites for hydroxylation is 1. The Morgan fingerprint density at radius 2 is 1.92 bits per heavy atom. The first kappa shape index (κ1) is 17.1. The molecule has 0 aliphatic heterocycles. The highest BCUT2D eigenvalue weighted by Crippen LogP contribution is 2.19. The van der Waals surface area contributed by atoms with Crippen molar-refractivity contribution in [2.45, 2.75) is 13.5 Å². The van der Waals surface area contributed by atoms with Gasteiger partial charge in [0.15, 0.2) is 0 Å². The van der Waals surface area contributed by atoms with E-state index < -0.39 is 0 Å². The van der Waals surface area contributed by atoms with E-state index in [1.54, 1.807) is 6.07 Å². The van der Waals surface area contributed by atoms with Crippen LogP contribution in [0, 0.1) is 6.92 Å². The molecule has 3 rings (SSSR count). The molecule has 0 saturated carbocycles. The Morgan fingerprint density at radius 1 is 1.08 bits per heavy atom. The van der Waals surface area contributed by atoms with Crippen molar-refractivity contribution in [3.8, 4) is 0 Å². The highest BCUT2D eigenvalue weighted by molar-refractivity contribution is 9.10. The number of benzene rings is 2. The number of hydrogen-bond acceptors (Lipinski definition) is 4. The van der Waals surface area contributed by atoms with Gasteiger partial charge in [-0.05, 0) is 36.2 Å². The number of carbonyl (C=O) groups excluding carboxylic acids is 1. The fraction of sp³-hybridized carbons (Fsp3) is 0.105. The SMILES string of the molecule is Cc1ccccc1CNC(=O)c1cc(Nc2cccc(Br)c2)ncn1. The fourth-order valence-electron chi connectivity index (χ4n) is 2.34. The Balaban J connectivity index is 1.68. The summed E-state index contributed by atoms with van der Waals surface area (Å²) in [5.74, 6) is 0.331. The van der Waals surface area contributed by atoms with Crippen LogP contribution in [0.15, 0.2) is 65.4 Å². The number of carbonyl (C=O) groups is 1. The van der Waals surface area contributed by atoms with Crippen molar-refractivity contribution in [1.29, 1.82) is 0 Å². The minimum atomic E-state index is -0.233. The van der Waals surface area contributed by atoms with Gasteiger partial charge in [0.05, 0.1) is 0 Å². The molecule has 1 aromatic heterocycles. The van der Waals surface area contributed by atoms with E-state index in [0.29, 0.717) is 18.1 Å². The quantitative estimate of drug-likeness (QED) is 0.677. The van der Waals surface area contributed by atoms with Crippen LogP contribution in [0.3, 0.4) is 0 Å². The molecule has 0 aliphatic carbocycles. The molecule has 0 atom stereocenters. The number of aromatic nitrogens is 2. The average Bonchev–Trinajstić information content (AvgIpc) is 2.61. The smallest absolute Gasteiger partial charge is 0.270 e. The number of anilines is 2.